The first kappa shape index (κ1) is 24.1. The zero-order valence-corrected chi connectivity index (χ0v) is 18.0. The second kappa shape index (κ2) is 8.96. The molecule has 1 fully saturated rings. The number of rotatable bonds is 5. The quantitative estimate of drug-likeness (QED) is 0.398. The average molecular weight is 496 g/mol. The Morgan fingerprint density at radius 3 is 2.51 bits per heavy atom. The summed E-state index contributed by atoms with van der Waals surface area (Å²) < 4.78 is 76.6. The fraction of sp³-hybridized carbons (Fsp3) is 0.273. The van der Waals surface area contributed by atoms with Crippen LogP contribution in [0.3, 0.4) is 0 Å². The number of hydrogen-bond acceptors (Lipinski definition) is 6. The van der Waals surface area contributed by atoms with Gasteiger partial charge in [-0.15, -0.1) is 13.2 Å². The minimum absolute atomic E-state index is 0.0460. The van der Waals surface area contributed by atoms with E-state index in [0.717, 1.165) is 41.3 Å². The van der Waals surface area contributed by atoms with Gasteiger partial charge in [-0.1, -0.05) is 0 Å². The van der Waals surface area contributed by atoms with Gasteiger partial charge in [-0.05, 0) is 43.3 Å². The summed E-state index contributed by atoms with van der Waals surface area (Å²) in [5, 5.41) is 3.96. The molecule has 0 radical (unpaired) electrons. The van der Waals surface area contributed by atoms with Crippen molar-refractivity contribution in [1.82, 2.24) is 19.7 Å². The molecule has 3 aromatic rings. The third kappa shape index (κ3) is 4.93. The van der Waals surface area contributed by atoms with Crippen LogP contribution in [-0.2, 0) is 21.7 Å². The van der Waals surface area contributed by atoms with Gasteiger partial charge in [0, 0.05) is 17.2 Å². The van der Waals surface area contributed by atoms with E-state index in [0.29, 0.717) is 6.07 Å². The van der Waals surface area contributed by atoms with Crippen molar-refractivity contribution in [3.8, 4) is 5.75 Å². The van der Waals surface area contributed by atoms with Crippen molar-refractivity contribution in [2.75, 3.05) is 6.54 Å². The fourth-order valence-corrected chi connectivity index (χ4v) is 3.98. The van der Waals surface area contributed by atoms with E-state index in [1.807, 2.05) is 0 Å². The molecule has 1 saturated heterocycles. The molecule has 13 heteroatoms. The monoisotopic (exact) mass is 496 g/mol. The van der Waals surface area contributed by atoms with E-state index < -0.39 is 53.8 Å². The molecule has 0 spiro atoms. The van der Waals surface area contributed by atoms with Crippen molar-refractivity contribution >= 4 is 11.9 Å². The molecule has 0 bridgehead atoms. The Morgan fingerprint density at radius 1 is 1.20 bits per heavy atom. The van der Waals surface area contributed by atoms with E-state index in [4.69, 9.17) is 4.74 Å². The number of carbonyl (C=O) groups excluding carboxylic acids is 2. The Hall–Kier alpha value is -4.03. The van der Waals surface area contributed by atoms with Gasteiger partial charge in [0.1, 0.15) is 36.6 Å². The maximum Gasteiger partial charge on any atom is 0.573 e. The summed E-state index contributed by atoms with van der Waals surface area (Å²) in [5.41, 5.74) is -2.06. The van der Waals surface area contributed by atoms with E-state index in [9.17, 15) is 31.5 Å². The summed E-state index contributed by atoms with van der Waals surface area (Å²) in [6, 6.07) is 5.83. The van der Waals surface area contributed by atoms with Crippen LogP contribution in [-0.4, -0.2) is 50.5 Å². The van der Waals surface area contributed by atoms with E-state index >= 15 is 0 Å². The molecule has 1 aliphatic heterocycles. The van der Waals surface area contributed by atoms with Crippen molar-refractivity contribution < 1.29 is 41.0 Å². The van der Waals surface area contributed by atoms with E-state index in [-0.39, 0.29) is 17.7 Å². The van der Waals surface area contributed by atoms with Gasteiger partial charge in [-0.3, -0.25) is 9.59 Å². The zero-order chi connectivity index (χ0) is 25.4. The van der Waals surface area contributed by atoms with Crippen LogP contribution in [0.15, 0.2) is 55.1 Å². The van der Waals surface area contributed by atoms with Crippen molar-refractivity contribution in [2.24, 2.45) is 0 Å². The number of morpholine rings is 1. The number of nitrogens with zero attached hydrogens (tertiary/aromatic N) is 4. The molecule has 2 heterocycles. The average Bonchev–Trinajstić information content (AvgIpc) is 3.28. The van der Waals surface area contributed by atoms with Crippen LogP contribution < -0.4 is 4.74 Å². The summed E-state index contributed by atoms with van der Waals surface area (Å²) in [6.07, 6.45) is -2.40. The lowest BCUT2D eigenvalue weighted by molar-refractivity contribution is -0.274. The summed E-state index contributed by atoms with van der Waals surface area (Å²) >= 11 is 0. The minimum Gasteiger partial charge on any atom is -0.449 e. The highest BCUT2D eigenvalue weighted by molar-refractivity contribution is 5.97. The molecule has 1 aromatic heterocycles. The van der Waals surface area contributed by atoms with Gasteiger partial charge < -0.3 is 14.4 Å². The number of cyclic esters (lactones) is 1. The molecular formula is C22H17F5N4O4. The highest BCUT2D eigenvalue weighted by Gasteiger charge is 2.52. The minimum atomic E-state index is -4.91. The van der Waals surface area contributed by atoms with Crippen molar-refractivity contribution in [2.45, 2.75) is 31.5 Å². The molecular weight excluding hydrogens is 479 g/mol. The van der Waals surface area contributed by atoms with E-state index in [2.05, 4.69) is 14.8 Å². The predicted molar refractivity (Wildman–Crippen MR) is 108 cm³/mol. The maximum atomic E-state index is 15.0. The molecule has 1 aliphatic rings. The van der Waals surface area contributed by atoms with Crippen LogP contribution in [0.25, 0.3) is 0 Å². The normalized spacial score (nSPS) is 20.5. The van der Waals surface area contributed by atoms with Crippen LogP contribution in [0.1, 0.15) is 22.8 Å². The van der Waals surface area contributed by atoms with Crippen LogP contribution >= 0.6 is 0 Å². The first-order valence-corrected chi connectivity index (χ1v) is 10.1. The highest BCUT2D eigenvalue weighted by atomic mass is 19.4. The third-order valence-corrected chi connectivity index (χ3v) is 5.58. The molecule has 2 aromatic carbocycles. The number of carbonyl (C=O) groups is 2. The first-order chi connectivity index (χ1) is 16.5. The van der Waals surface area contributed by atoms with Crippen LogP contribution in [0.2, 0.25) is 0 Å². The molecule has 184 valence electrons. The molecule has 1 amide bonds. The molecule has 2 atom stereocenters. The number of hydrogen-bond donors (Lipinski definition) is 0. The summed E-state index contributed by atoms with van der Waals surface area (Å²) in [5.74, 6) is -4.00. The standard InChI is InChI=1S/C22H17F5N4O4/c1-13-21(10-30-12-28-11-29-30,17-7-4-15(23)8-18(17)24)35-19(32)9-31(13)20(33)14-2-5-16(6-3-14)34-22(25,26)27/h2-8,11-13H,9-10H2,1H3/t13-,21-/m0/s1. The van der Waals surface area contributed by atoms with Crippen LogP contribution in [0.5, 0.6) is 5.75 Å². The molecule has 8 nitrogen and oxygen atoms in total. The number of ether oxygens (including phenoxy) is 2. The number of halogens is 5. The number of alkyl halides is 3. The van der Waals surface area contributed by atoms with Gasteiger partial charge in [0.25, 0.3) is 5.91 Å². The smallest absolute Gasteiger partial charge is 0.449 e. The lowest BCUT2D eigenvalue weighted by Crippen LogP contribution is -2.61. The topological polar surface area (TPSA) is 86.5 Å². The second-order valence-electron chi connectivity index (χ2n) is 7.76. The first-order valence-electron chi connectivity index (χ1n) is 10.1. The Bertz CT molecular complexity index is 1230. The van der Waals surface area contributed by atoms with Crippen molar-refractivity contribution in [3.63, 3.8) is 0 Å². The fourth-order valence-electron chi connectivity index (χ4n) is 3.98. The van der Waals surface area contributed by atoms with Gasteiger partial charge in [0.15, 0.2) is 5.60 Å². The molecule has 35 heavy (non-hydrogen) atoms. The van der Waals surface area contributed by atoms with Crippen molar-refractivity contribution in [3.05, 3.63) is 77.9 Å². The third-order valence-electron chi connectivity index (χ3n) is 5.58. The lowest BCUT2D eigenvalue weighted by Gasteiger charge is -2.47. The second-order valence-corrected chi connectivity index (χ2v) is 7.76. The van der Waals surface area contributed by atoms with Crippen LogP contribution in [0, 0.1) is 11.6 Å². The Kier molecular flexibility index (Phi) is 6.17. The molecule has 0 aliphatic carbocycles. The number of amides is 1. The zero-order valence-electron chi connectivity index (χ0n) is 18.0. The molecule has 0 unspecified atom stereocenters. The summed E-state index contributed by atoms with van der Waals surface area (Å²) in [6.45, 7) is 0.735. The van der Waals surface area contributed by atoms with Crippen molar-refractivity contribution in [1.29, 1.82) is 0 Å². The number of aromatic nitrogens is 3. The SMILES string of the molecule is C[C@@H]1N(C(=O)c2ccc(OC(F)(F)F)cc2)CC(=O)O[C@]1(Cn1cncn1)c1ccc(F)cc1F. The molecule has 4 rings (SSSR count). The number of esters is 1. The Labute approximate surface area is 194 Å². The van der Waals surface area contributed by atoms with Gasteiger partial charge >= 0.3 is 12.3 Å². The van der Waals surface area contributed by atoms with Gasteiger partial charge in [0.2, 0.25) is 0 Å². The Morgan fingerprint density at radius 2 is 1.91 bits per heavy atom. The number of benzene rings is 2. The van der Waals surface area contributed by atoms with Gasteiger partial charge in [-0.25, -0.2) is 18.4 Å². The van der Waals surface area contributed by atoms with E-state index in [1.165, 1.54) is 24.3 Å². The van der Waals surface area contributed by atoms with Gasteiger partial charge in [0.05, 0.1) is 12.6 Å². The molecule has 0 saturated carbocycles. The largest absolute Gasteiger partial charge is 0.573 e. The predicted octanol–water partition coefficient (Wildman–Crippen LogP) is 3.44. The van der Waals surface area contributed by atoms with E-state index in [1.54, 1.807) is 0 Å². The van der Waals surface area contributed by atoms with Gasteiger partial charge in [-0.2, -0.15) is 5.10 Å². The maximum absolute atomic E-state index is 15.0. The summed E-state index contributed by atoms with van der Waals surface area (Å²) in [7, 11) is 0. The highest BCUT2D eigenvalue weighted by Crippen LogP contribution is 2.39. The van der Waals surface area contributed by atoms with Crippen LogP contribution in [0.4, 0.5) is 22.0 Å². The Balaban J connectivity index is 1.72. The molecule has 0 N–H and O–H groups in total. The summed E-state index contributed by atoms with van der Waals surface area (Å²) in [4.78, 5) is 30.9. The lowest BCUT2D eigenvalue weighted by atomic mass is 9.83.